The van der Waals surface area contributed by atoms with Gasteiger partial charge in [-0.1, -0.05) is 30.3 Å². The van der Waals surface area contributed by atoms with Crippen LogP contribution in [0.3, 0.4) is 0 Å². The Balaban J connectivity index is 1.76. The van der Waals surface area contributed by atoms with Crippen molar-refractivity contribution >= 4 is 23.7 Å². The van der Waals surface area contributed by atoms with E-state index in [1.807, 2.05) is 30.3 Å². The van der Waals surface area contributed by atoms with Crippen molar-refractivity contribution in [3.8, 4) is 0 Å². The molecule has 23 heavy (non-hydrogen) atoms. The normalized spacial score (nSPS) is 10.1. The van der Waals surface area contributed by atoms with Crippen LogP contribution < -0.4 is 0 Å². The topological polar surface area (TPSA) is 52.6 Å². The minimum atomic E-state index is -0.309. The first-order valence-electron chi connectivity index (χ1n) is 7.20. The van der Waals surface area contributed by atoms with Crippen molar-refractivity contribution in [3.05, 3.63) is 65.7 Å². The van der Waals surface area contributed by atoms with Crippen LogP contribution >= 0.6 is 11.8 Å². The molecule has 2 aromatic carbocycles. The summed E-state index contributed by atoms with van der Waals surface area (Å²) in [7, 11) is 1.38. The fourth-order valence-electron chi connectivity index (χ4n) is 1.87. The number of esters is 2. The molecule has 120 valence electrons. The van der Waals surface area contributed by atoms with Crippen molar-refractivity contribution in [1.29, 1.82) is 0 Å². The van der Waals surface area contributed by atoms with Crippen LogP contribution in [0.1, 0.15) is 15.9 Å². The van der Waals surface area contributed by atoms with Crippen LogP contribution in [-0.2, 0) is 20.7 Å². The van der Waals surface area contributed by atoms with Crippen LogP contribution in [0.5, 0.6) is 0 Å². The third kappa shape index (κ3) is 5.79. The molecule has 0 aromatic heterocycles. The number of hydrogen-bond donors (Lipinski definition) is 0. The number of thioether (sulfide) groups is 1. The fourth-order valence-corrected chi connectivity index (χ4v) is 2.60. The molecule has 0 amide bonds. The first-order valence-corrected chi connectivity index (χ1v) is 8.18. The predicted octanol–water partition coefficient (Wildman–Crippen LogP) is 3.35. The molecule has 0 N–H and O–H groups in total. The molecule has 0 saturated carbocycles. The summed E-state index contributed by atoms with van der Waals surface area (Å²) in [5.74, 6) is -0.257. The van der Waals surface area contributed by atoms with Crippen LogP contribution in [0.15, 0.2) is 59.5 Å². The second-order valence-electron chi connectivity index (χ2n) is 4.76. The lowest BCUT2D eigenvalue weighted by Crippen LogP contribution is -2.08. The van der Waals surface area contributed by atoms with Crippen molar-refractivity contribution in [2.45, 2.75) is 11.3 Å². The molecule has 0 bridgehead atoms. The minimum Gasteiger partial charge on any atom is -0.468 e. The van der Waals surface area contributed by atoms with E-state index in [9.17, 15) is 9.59 Å². The highest BCUT2D eigenvalue weighted by Gasteiger charge is 2.06. The second kappa shape index (κ2) is 9.00. The van der Waals surface area contributed by atoms with Crippen LogP contribution in [0.4, 0.5) is 0 Å². The van der Waals surface area contributed by atoms with E-state index in [1.165, 1.54) is 18.9 Å². The molecule has 0 aliphatic carbocycles. The highest BCUT2D eigenvalue weighted by molar-refractivity contribution is 8.00. The van der Waals surface area contributed by atoms with Crippen molar-refractivity contribution in [1.82, 2.24) is 0 Å². The molecule has 0 saturated heterocycles. The monoisotopic (exact) mass is 330 g/mol. The molecule has 0 atom stereocenters. The zero-order chi connectivity index (χ0) is 16.5. The number of carbonyl (C=O) groups is 2. The van der Waals surface area contributed by atoms with Gasteiger partial charge in [0.25, 0.3) is 0 Å². The first kappa shape index (κ1) is 17.1. The molecule has 0 fully saturated rings. The third-order valence-electron chi connectivity index (χ3n) is 3.14. The molecule has 4 nitrogen and oxygen atoms in total. The number of rotatable bonds is 7. The number of methoxy groups -OCH3 is 1. The lowest BCUT2D eigenvalue weighted by molar-refractivity contribution is -0.137. The molecule has 0 radical (unpaired) electrons. The minimum absolute atomic E-state index is 0.244. The van der Waals surface area contributed by atoms with Gasteiger partial charge in [-0.25, -0.2) is 4.79 Å². The molecular formula is C18H18O4S. The van der Waals surface area contributed by atoms with Crippen LogP contribution in [0.25, 0.3) is 0 Å². The van der Waals surface area contributed by atoms with Gasteiger partial charge in [-0.2, -0.15) is 0 Å². The molecule has 5 heteroatoms. The van der Waals surface area contributed by atoms with Gasteiger partial charge in [-0.05, 0) is 29.8 Å². The molecule has 0 unspecified atom stereocenters. The van der Waals surface area contributed by atoms with E-state index in [0.717, 1.165) is 10.5 Å². The summed E-state index contributed by atoms with van der Waals surface area (Å²) in [5.41, 5.74) is 1.63. The zero-order valence-electron chi connectivity index (χ0n) is 12.9. The fraction of sp³-hybridized carbons (Fsp3) is 0.222. The number of hydrogen-bond acceptors (Lipinski definition) is 5. The van der Waals surface area contributed by atoms with Gasteiger partial charge in [0.1, 0.15) is 0 Å². The van der Waals surface area contributed by atoms with Gasteiger partial charge in [0.15, 0.2) is 0 Å². The van der Waals surface area contributed by atoms with Gasteiger partial charge in [0.2, 0.25) is 0 Å². The SMILES string of the molecule is COC(=O)CSc1ccc(CCOC(=O)c2ccccc2)cc1. The van der Waals surface area contributed by atoms with E-state index >= 15 is 0 Å². The smallest absolute Gasteiger partial charge is 0.338 e. The maximum atomic E-state index is 11.8. The van der Waals surface area contributed by atoms with E-state index in [0.29, 0.717) is 24.3 Å². The lowest BCUT2D eigenvalue weighted by atomic mass is 10.2. The molecular weight excluding hydrogens is 312 g/mol. The Bertz CT molecular complexity index is 638. The van der Waals surface area contributed by atoms with Crippen molar-refractivity contribution in [2.75, 3.05) is 19.5 Å². The average molecular weight is 330 g/mol. The van der Waals surface area contributed by atoms with Gasteiger partial charge in [0.05, 0.1) is 25.0 Å². The highest BCUT2D eigenvalue weighted by Crippen LogP contribution is 2.18. The van der Waals surface area contributed by atoms with E-state index in [4.69, 9.17) is 4.74 Å². The summed E-state index contributed by atoms with van der Waals surface area (Å²) in [6, 6.07) is 16.8. The number of ether oxygens (including phenoxy) is 2. The van der Waals surface area contributed by atoms with Gasteiger partial charge >= 0.3 is 11.9 Å². The standard InChI is InChI=1S/C18H18O4S/c1-21-17(19)13-23-16-9-7-14(8-10-16)11-12-22-18(20)15-5-3-2-4-6-15/h2-10H,11-13H2,1H3. The summed E-state index contributed by atoms with van der Waals surface area (Å²) >= 11 is 1.43. The Morgan fingerprint density at radius 2 is 1.70 bits per heavy atom. The molecule has 2 rings (SSSR count). The van der Waals surface area contributed by atoms with E-state index in [-0.39, 0.29) is 11.9 Å². The summed E-state index contributed by atoms with van der Waals surface area (Å²) < 4.78 is 9.85. The molecule has 0 heterocycles. The summed E-state index contributed by atoms with van der Waals surface area (Å²) in [6.45, 7) is 0.336. The maximum Gasteiger partial charge on any atom is 0.338 e. The number of benzene rings is 2. The Morgan fingerprint density at radius 3 is 2.35 bits per heavy atom. The Morgan fingerprint density at radius 1 is 1.00 bits per heavy atom. The molecule has 0 aliphatic rings. The average Bonchev–Trinajstić information content (AvgIpc) is 2.61. The van der Waals surface area contributed by atoms with E-state index in [2.05, 4.69) is 4.74 Å². The van der Waals surface area contributed by atoms with Gasteiger partial charge in [-0.15, -0.1) is 11.8 Å². The molecule has 0 aliphatic heterocycles. The predicted molar refractivity (Wildman–Crippen MR) is 89.6 cm³/mol. The quantitative estimate of drug-likeness (QED) is 0.575. The summed E-state index contributed by atoms with van der Waals surface area (Å²) in [5, 5.41) is 0. The van der Waals surface area contributed by atoms with E-state index in [1.54, 1.807) is 24.3 Å². The Kier molecular flexibility index (Phi) is 6.69. The first-order chi connectivity index (χ1) is 11.2. The summed E-state index contributed by atoms with van der Waals surface area (Å²) in [4.78, 5) is 23.9. The largest absolute Gasteiger partial charge is 0.468 e. The van der Waals surface area contributed by atoms with Crippen LogP contribution in [0, 0.1) is 0 Å². The highest BCUT2D eigenvalue weighted by atomic mass is 32.2. The van der Waals surface area contributed by atoms with E-state index < -0.39 is 0 Å². The van der Waals surface area contributed by atoms with Gasteiger partial charge in [0, 0.05) is 11.3 Å². The van der Waals surface area contributed by atoms with Gasteiger partial charge < -0.3 is 9.47 Å². The Hall–Kier alpha value is -2.27. The number of carbonyl (C=O) groups excluding carboxylic acids is 2. The Labute approximate surface area is 139 Å². The van der Waals surface area contributed by atoms with Crippen LogP contribution in [-0.4, -0.2) is 31.4 Å². The molecule has 0 spiro atoms. The van der Waals surface area contributed by atoms with Gasteiger partial charge in [-0.3, -0.25) is 4.79 Å². The van der Waals surface area contributed by atoms with Crippen molar-refractivity contribution in [3.63, 3.8) is 0 Å². The zero-order valence-corrected chi connectivity index (χ0v) is 13.7. The van der Waals surface area contributed by atoms with Crippen molar-refractivity contribution in [2.24, 2.45) is 0 Å². The van der Waals surface area contributed by atoms with Crippen molar-refractivity contribution < 1.29 is 19.1 Å². The third-order valence-corrected chi connectivity index (χ3v) is 4.13. The summed E-state index contributed by atoms with van der Waals surface area (Å²) in [6.07, 6.45) is 0.653. The lowest BCUT2D eigenvalue weighted by Gasteiger charge is -2.06. The molecule has 2 aromatic rings. The maximum absolute atomic E-state index is 11.8. The van der Waals surface area contributed by atoms with Crippen LogP contribution in [0.2, 0.25) is 0 Å². The second-order valence-corrected chi connectivity index (χ2v) is 5.81.